The highest BCUT2D eigenvalue weighted by Crippen LogP contribution is 2.39. The lowest BCUT2D eigenvalue weighted by molar-refractivity contribution is -0.143. The van der Waals surface area contributed by atoms with Gasteiger partial charge in [0.1, 0.15) is 11.5 Å². The lowest BCUT2D eigenvalue weighted by Crippen LogP contribution is -2.30. The van der Waals surface area contributed by atoms with Crippen LogP contribution in [-0.4, -0.2) is 33.4 Å². The van der Waals surface area contributed by atoms with Crippen LogP contribution < -0.4 is 0 Å². The number of aromatic nitrogens is 2. The number of carbonyl (C=O) groups excluding carboxylic acids is 1. The van der Waals surface area contributed by atoms with Crippen LogP contribution in [0, 0.1) is 0 Å². The van der Waals surface area contributed by atoms with Gasteiger partial charge in [-0.25, -0.2) is 4.98 Å². The van der Waals surface area contributed by atoms with E-state index in [1.165, 1.54) is 6.20 Å². The molecule has 4 nitrogen and oxygen atoms in total. The monoisotopic (exact) mass is 433 g/mol. The molecule has 3 rings (SSSR count). The maximum absolute atomic E-state index is 13.2. The standard InChI is InChI=1S/C20H21F6N3O/c1-3-28(4-2)18(30)16-11-29-10-12(5-6-17(29)27-16)13-7-14(19(21,22)23)9-15(8-13)20(24,25)26/h7-9,11-12H,3-6,10H2,1-2H3. The molecule has 164 valence electrons. The molecule has 0 aliphatic carbocycles. The number of carbonyl (C=O) groups is 1. The van der Waals surface area contributed by atoms with Gasteiger partial charge in [-0.05, 0) is 44.0 Å². The van der Waals surface area contributed by atoms with Gasteiger partial charge in [-0.15, -0.1) is 0 Å². The quantitative estimate of drug-likeness (QED) is 0.627. The van der Waals surface area contributed by atoms with Gasteiger partial charge in [0.25, 0.3) is 5.91 Å². The minimum atomic E-state index is -4.88. The van der Waals surface area contributed by atoms with E-state index in [9.17, 15) is 31.1 Å². The topological polar surface area (TPSA) is 38.1 Å². The highest BCUT2D eigenvalue weighted by Gasteiger charge is 2.38. The van der Waals surface area contributed by atoms with E-state index in [0.29, 0.717) is 31.8 Å². The molecule has 1 aromatic carbocycles. The fourth-order valence-electron chi connectivity index (χ4n) is 3.71. The van der Waals surface area contributed by atoms with Gasteiger partial charge in [0.05, 0.1) is 11.1 Å². The number of imidazole rings is 1. The Hall–Kier alpha value is -2.52. The summed E-state index contributed by atoms with van der Waals surface area (Å²) in [5.74, 6) is -0.201. The Morgan fingerprint density at radius 3 is 2.13 bits per heavy atom. The molecule has 0 spiro atoms. The molecule has 0 bridgehead atoms. The molecule has 0 saturated carbocycles. The van der Waals surface area contributed by atoms with E-state index in [2.05, 4.69) is 4.98 Å². The maximum atomic E-state index is 13.2. The Labute approximate surface area is 169 Å². The number of halogens is 6. The molecular weight excluding hydrogens is 412 g/mol. The molecule has 1 unspecified atom stereocenters. The number of benzene rings is 1. The number of nitrogens with zero attached hydrogens (tertiary/aromatic N) is 3. The molecule has 0 fully saturated rings. The molecule has 1 aliphatic heterocycles. The average Bonchev–Trinajstić information content (AvgIpc) is 3.10. The van der Waals surface area contributed by atoms with Crippen LogP contribution >= 0.6 is 0 Å². The minimum absolute atomic E-state index is 0.0203. The van der Waals surface area contributed by atoms with Crippen molar-refractivity contribution in [3.63, 3.8) is 0 Å². The van der Waals surface area contributed by atoms with E-state index in [0.717, 1.165) is 12.1 Å². The summed E-state index contributed by atoms with van der Waals surface area (Å²) >= 11 is 0. The Morgan fingerprint density at radius 1 is 1.07 bits per heavy atom. The Morgan fingerprint density at radius 2 is 1.63 bits per heavy atom. The molecule has 2 heterocycles. The molecule has 30 heavy (non-hydrogen) atoms. The second-order valence-electron chi connectivity index (χ2n) is 7.25. The van der Waals surface area contributed by atoms with E-state index < -0.39 is 29.4 Å². The Bertz CT molecular complexity index is 895. The molecule has 0 saturated heterocycles. The first kappa shape index (κ1) is 22.2. The van der Waals surface area contributed by atoms with Crippen molar-refractivity contribution in [2.24, 2.45) is 0 Å². The number of aryl methyl sites for hydroxylation is 1. The predicted octanol–water partition coefficient (Wildman–Crippen LogP) is 5.13. The lowest BCUT2D eigenvalue weighted by atomic mass is 9.89. The fourth-order valence-corrected chi connectivity index (χ4v) is 3.71. The zero-order valence-corrected chi connectivity index (χ0v) is 16.4. The van der Waals surface area contributed by atoms with Gasteiger partial charge in [-0.2, -0.15) is 26.3 Å². The Balaban J connectivity index is 1.92. The van der Waals surface area contributed by atoms with E-state index in [1.807, 2.05) is 13.8 Å². The van der Waals surface area contributed by atoms with Crippen molar-refractivity contribution in [3.05, 3.63) is 52.6 Å². The smallest absolute Gasteiger partial charge is 0.338 e. The molecule has 1 aliphatic rings. The van der Waals surface area contributed by atoms with Crippen molar-refractivity contribution < 1.29 is 31.1 Å². The Kier molecular flexibility index (Phi) is 5.88. The van der Waals surface area contributed by atoms with Crippen LogP contribution in [0.3, 0.4) is 0 Å². The van der Waals surface area contributed by atoms with Crippen molar-refractivity contribution in [2.75, 3.05) is 13.1 Å². The van der Waals surface area contributed by atoms with E-state index >= 15 is 0 Å². The van der Waals surface area contributed by atoms with Gasteiger partial charge in [0.15, 0.2) is 0 Å². The summed E-state index contributed by atoms with van der Waals surface area (Å²) < 4.78 is 80.6. The minimum Gasteiger partial charge on any atom is -0.338 e. The highest BCUT2D eigenvalue weighted by atomic mass is 19.4. The summed E-state index contributed by atoms with van der Waals surface area (Å²) in [6, 6.07) is 1.70. The number of hydrogen-bond donors (Lipinski definition) is 0. The number of fused-ring (bicyclic) bond motifs is 1. The van der Waals surface area contributed by atoms with Crippen molar-refractivity contribution >= 4 is 5.91 Å². The van der Waals surface area contributed by atoms with Crippen molar-refractivity contribution in [1.29, 1.82) is 0 Å². The number of alkyl halides is 6. The molecule has 1 atom stereocenters. The largest absolute Gasteiger partial charge is 0.416 e. The van der Waals surface area contributed by atoms with Crippen LogP contribution in [0.1, 0.15) is 59.2 Å². The van der Waals surface area contributed by atoms with Crippen LogP contribution in [0.4, 0.5) is 26.3 Å². The first-order valence-corrected chi connectivity index (χ1v) is 9.58. The summed E-state index contributed by atoms with van der Waals surface area (Å²) in [4.78, 5) is 18.4. The van der Waals surface area contributed by atoms with Crippen LogP contribution in [0.2, 0.25) is 0 Å². The molecule has 1 amide bonds. The summed E-state index contributed by atoms with van der Waals surface area (Å²) in [6.45, 7) is 4.83. The zero-order chi connectivity index (χ0) is 22.3. The normalized spacial score (nSPS) is 17.0. The summed E-state index contributed by atoms with van der Waals surface area (Å²) in [5, 5.41) is 0. The van der Waals surface area contributed by atoms with Crippen LogP contribution in [0.25, 0.3) is 0 Å². The molecule has 1 aromatic heterocycles. The average molecular weight is 433 g/mol. The maximum Gasteiger partial charge on any atom is 0.416 e. The number of hydrogen-bond acceptors (Lipinski definition) is 2. The molecule has 0 N–H and O–H groups in total. The van der Waals surface area contributed by atoms with E-state index in [1.54, 1.807) is 9.47 Å². The highest BCUT2D eigenvalue weighted by molar-refractivity contribution is 5.92. The second kappa shape index (κ2) is 7.96. The van der Waals surface area contributed by atoms with Gasteiger partial charge < -0.3 is 9.47 Å². The van der Waals surface area contributed by atoms with Gasteiger partial charge in [0, 0.05) is 38.2 Å². The number of amides is 1. The van der Waals surface area contributed by atoms with E-state index in [-0.39, 0.29) is 29.8 Å². The first-order chi connectivity index (χ1) is 13.9. The fraction of sp³-hybridized carbons (Fsp3) is 0.500. The lowest BCUT2D eigenvalue weighted by Gasteiger charge is -2.25. The second-order valence-corrected chi connectivity index (χ2v) is 7.25. The summed E-state index contributed by atoms with van der Waals surface area (Å²) in [6.07, 6.45) is -7.54. The number of rotatable bonds is 4. The third-order valence-electron chi connectivity index (χ3n) is 5.34. The zero-order valence-electron chi connectivity index (χ0n) is 16.4. The van der Waals surface area contributed by atoms with Crippen molar-refractivity contribution in [1.82, 2.24) is 14.5 Å². The first-order valence-electron chi connectivity index (χ1n) is 9.58. The summed E-state index contributed by atoms with van der Waals surface area (Å²) in [5.41, 5.74) is -2.43. The van der Waals surface area contributed by atoms with E-state index in [4.69, 9.17) is 0 Å². The van der Waals surface area contributed by atoms with Crippen molar-refractivity contribution in [3.8, 4) is 0 Å². The molecule has 10 heteroatoms. The van der Waals surface area contributed by atoms with Gasteiger partial charge in [-0.1, -0.05) is 0 Å². The third kappa shape index (κ3) is 4.46. The van der Waals surface area contributed by atoms with Crippen LogP contribution in [0.5, 0.6) is 0 Å². The molecule has 2 aromatic rings. The van der Waals surface area contributed by atoms with Gasteiger partial charge >= 0.3 is 12.4 Å². The summed E-state index contributed by atoms with van der Waals surface area (Å²) in [7, 11) is 0. The molecule has 0 radical (unpaired) electrons. The SMILES string of the molecule is CCN(CC)C(=O)c1cn2c(n1)CCC(c1cc(C(F)(F)F)cc(C(F)(F)F)c1)C2. The molecular formula is C20H21F6N3O. The van der Waals surface area contributed by atoms with Crippen molar-refractivity contribution in [2.45, 2.75) is 51.5 Å². The van der Waals surface area contributed by atoms with Crippen LogP contribution in [-0.2, 0) is 25.3 Å². The predicted molar refractivity (Wildman–Crippen MR) is 97.0 cm³/mol. The van der Waals surface area contributed by atoms with Gasteiger partial charge in [0.2, 0.25) is 0 Å². The van der Waals surface area contributed by atoms with Crippen LogP contribution in [0.15, 0.2) is 24.4 Å². The third-order valence-corrected chi connectivity index (χ3v) is 5.34. The van der Waals surface area contributed by atoms with Gasteiger partial charge in [-0.3, -0.25) is 4.79 Å².